The van der Waals surface area contributed by atoms with Gasteiger partial charge in [0.15, 0.2) is 0 Å². The Morgan fingerprint density at radius 2 is 1.97 bits per heavy atom. The average molecular weight is 456 g/mol. The molecule has 0 saturated heterocycles. The maximum atomic E-state index is 13.1. The van der Waals surface area contributed by atoms with Gasteiger partial charge in [-0.05, 0) is 68.2 Å². The van der Waals surface area contributed by atoms with Crippen LogP contribution in [0.3, 0.4) is 0 Å². The molecule has 2 N–H and O–H groups in total. The topological polar surface area (TPSA) is 76.0 Å². The highest BCUT2D eigenvalue weighted by molar-refractivity contribution is 6.04. The number of nitrogens with zero attached hydrogens (tertiary/aromatic N) is 2. The van der Waals surface area contributed by atoms with Gasteiger partial charge >= 0.3 is 6.18 Å². The molecule has 1 fully saturated rings. The smallest absolute Gasteiger partial charge is 0.350 e. The molecule has 2 atom stereocenters. The van der Waals surface area contributed by atoms with E-state index in [1.807, 2.05) is 29.7 Å². The first-order valence-electron chi connectivity index (χ1n) is 10.6. The third-order valence-electron chi connectivity index (χ3n) is 5.82. The van der Waals surface area contributed by atoms with Crippen molar-refractivity contribution >= 4 is 28.8 Å². The van der Waals surface area contributed by atoms with E-state index in [0.717, 1.165) is 36.1 Å². The van der Waals surface area contributed by atoms with Gasteiger partial charge in [-0.25, -0.2) is 4.98 Å². The summed E-state index contributed by atoms with van der Waals surface area (Å²) < 4.78 is 41.1. The molecule has 1 aromatic heterocycles. The second-order valence-corrected chi connectivity index (χ2v) is 8.21. The first-order chi connectivity index (χ1) is 15.7. The fourth-order valence-electron chi connectivity index (χ4n) is 4.26. The molecule has 2 amide bonds. The molecule has 9 heteroatoms. The summed E-state index contributed by atoms with van der Waals surface area (Å²) in [6.07, 6.45) is -1.20. The van der Waals surface area contributed by atoms with Gasteiger partial charge < -0.3 is 9.88 Å². The van der Waals surface area contributed by atoms with Crippen molar-refractivity contribution in [3.8, 4) is 0 Å². The van der Waals surface area contributed by atoms with Gasteiger partial charge in [0.2, 0.25) is 11.9 Å². The number of fused-ring (bicyclic) bond motifs is 1. The van der Waals surface area contributed by atoms with E-state index in [1.54, 1.807) is 0 Å². The van der Waals surface area contributed by atoms with E-state index < -0.39 is 17.6 Å². The summed E-state index contributed by atoms with van der Waals surface area (Å²) in [6.45, 7) is 5.40. The molecular formula is C24H23F3N4O2. The molecule has 0 bridgehead atoms. The number of carbonyl (C=O) groups is 2. The molecule has 2 aromatic carbocycles. The Morgan fingerprint density at radius 1 is 1.18 bits per heavy atom. The van der Waals surface area contributed by atoms with Crippen LogP contribution >= 0.6 is 0 Å². The standard InChI is InChI=1S/C24H23F3N4O2/c1-3-21(32)28-17-8-9-18(13-17)31-20-10-7-14(2)11-19(20)29-23(31)30-22(33)15-5-4-6-16(12-15)24(25,26)27/h3-7,10-12,17-18H,1,8-9,13H2,2H3,(H,28,32)(H,29,30,33)/t17-,18+/m0/s1. The minimum atomic E-state index is -4.55. The lowest BCUT2D eigenvalue weighted by Crippen LogP contribution is -2.31. The number of hydrogen-bond acceptors (Lipinski definition) is 3. The molecule has 0 aliphatic heterocycles. The van der Waals surface area contributed by atoms with Crippen LogP contribution in [0.4, 0.5) is 19.1 Å². The number of amides is 2. The van der Waals surface area contributed by atoms with Gasteiger partial charge in [0.05, 0.1) is 16.6 Å². The number of nitrogens with one attached hydrogen (secondary N) is 2. The van der Waals surface area contributed by atoms with Crippen molar-refractivity contribution in [2.24, 2.45) is 0 Å². The van der Waals surface area contributed by atoms with Crippen LogP contribution in [0.25, 0.3) is 11.0 Å². The van der Waals surface area contributed by atoms with Gasteiger partial charge in [-0.2, -0.15) is 13.2 Å². The molecule has 1 saturated carbocycles. The number of aromatic nitrogens is 2. The van der Waals surface area contributed by atoms with Crippen molar-refractivity contribution in [3.63, 3.8) is 0 Å². The zero-order valence-corrected chi connectivity index (χ0v) is 17.9. The Hall–Kier alpha value is -3.62. The first-order valence-corrected chi connectivity index (χ1v) is 10.6. The van der Waals surface area contributed by atoms with Gasteiger partial charge in [0.1, 0.15) is 0 Å². The number of hydrogen-bond donors (Lipinski definition) is 2. The lowest BCUT2D eigenvalue weighted by molar-refractivity contribution is -0.137. The number of anilines is 1. The third kappa shape index (κ3) is 4.76. The molecular weight excluding hydrogens is 433 g/mol. The zero-order chi connectivity index (χ0) is 23.8. The second kappa shape index (κ2) is 8.73. The number of carbonyl (C=O) groups excluding carboxylic acids is 2. The third-order valence-corrected chi connectivity index (χ3v) is 5.82. The lowest BCUT2D eigenvalue weighted by atomic mass is 10.1. The van der Waals surface area contributed by atoms with Crippen molar-refractivity contribution < 1.29 is 22.8 Å². The van der Waals surface area contributed by atoms with Crippen molar-refractivity contribution in [2.45, 2.75) is 44.4 Å². The monoisotopic (exact) mass is 456 g/mol. The van der Waals surface area contributed by atoms with Gasteiger partial charge in [0.25, 0.3) is 5.91 Å². The lowest BCUT2D eigenvalue weighted by Gasteiger charge is -2.18. The molecule has 1 aliphatic rings. The van der Waals surface area contributed by atoms with E-state index in [-0.39, 0.29) is 29.5 Å². The summed E-state index contributed by atoms with van der Waals surface area (Å²) in [5.41, 5.74) is 1.47. The van der Waals surface area contributed by atoms with Crippen LogP contribution in [-0.2, 0) is 11.0 Å². The van der Waals surface area contributed by atoms with Gasteiger partial charge in [-0.3, -0.25) is 14.9 Å². The highest BCUT2D eigenvalue weighted by atomic mass is 19.4. The number of aryl methyl sites for hydroxylation is 1. The number of alkyl halides is 3. The van der Waals surface area contributed by atoms with Crippen LogP contribution in [0.1, 0.15) is 46.8 Å². The number of benzene rings is 2. The Balaban J connectivity index is 1.66. The molecule has 3 aromatic rings. The summed E-state index contributed by atoms with van der Waals surface area (Å²) >= 11 is 0. The Labute approximate surface area is 188 Å². The largest absolute Gasteiger partial charge is 0.416 e. The number of rotatable bonds is 5. The minimum Gasteiger partial charge on any atom is -0.350 e. The summed E-state index contributed by atoms with van der Waals surface area (Å²) in [7, 11) is 0. The van der Waals surface area contributed by atoms with E-state index >= 15 is 0 Å². The van der Waals surface area contributed by atoms with Crippen LogP contribution in [-0.4, -0.2) is 27.4 Å². The fourth-order valence-corrected chi connectivity index (χ4v) is 4.26. The molecule has 0 spiro atoms. The van der Waals surface area contributed by atoms with Gasteiger partial charge in [-0.15, -0.1) is 0 Å². The Bertz CT molecular complexity index is 1230. The van der Waals surface area contributed by atoms with E-state index in [1.165, 1.54) is 18.2 Å². The summed E-state index contributed by atoms with van der Waals surface area (Å²) in [4.78, 5) is 29.1. The SMILES string of the molecule is C=CC(=O)N[C@H]1CC[C@@H](n2c(NC(=O)c3cccc(C(F)(F)F)c3)nc3cc(C)ccc32)C1. The van der Waals surface area contributed by atoms with Crippen molar-refractivity contribution in [1.82, 2.24) is 14.9 Å². The van der Waals surface area contributed by atoms with Crippen LogP contribution in [0.5, 0.6) is 0 Å². The van der Waals surface area contributed by atoms with Crippen LogP contribution in [0.15, 0.2) is 55.1 Å². The molecule has 6 nitrogen and oxygen atoms in total. The molecule has 1 heterocycles. The summed E-state index contributed by atoms with van der Waals surface area (Å²) in [6, 6.07) is 9.91. The van der Waals surface area contributed by atoms with Crippen molar-refractivity contribution in [1.29, 1.82) is 0 Å². The maximum absolute atomic E-state index is 13.1. The van der Waals surface area contributed by atoms with Crippen molar-refractivity contribution in [2.75, 3.05) is 5.32 Å². The minimum absolute atomic E-state index is 0.0459. The maximum Gasteiger partial charge on any atom is 0.416 e. The first kappa shape index (κ1) is 22.6. The fraction of sp³-hybridized carbons (Fsp3) is 0.292. The molecule has 0 unspecified atom stereocenters. The van der Waals surface area contributed by atoms with Crippen LogP contribution < -0.4 is 10.6 Å². The van der Waals surface area contributed by atoms with Gasteiger partial charge in [-0.1, -0.05) is 18.7 Å². The highest BCUT2D eigenvalue weighted by Crippen LogP contribution is 2.36. The van der Waals surface area contributed by atoms with Crippen LogP contribution in [0.2, 0.25) is 0 Å². The normalized spacial score (nSPS) is 18.3. The quantitative estimate of drug-likeness (QED) is 0.530. The van der Waals surface area contributed by atoms with E-state index in [2.05, 4.69) is 22.2 Å². The van der Waals surface area contributed by atoms with E-state index in [9.17, 15) is 22.8 Å². The molecule has 172 valence electrons. The molecule has 1 aliphatic carbocycles. The number of halogens is 3. The summed E-state index contributed by atoms with van der Waals surface area (Å²) in [5.74, 6) is -0.660. The average Bonchev–Trinajstić information content (AvgIpc) is 3.36. The Kier molecular flexibility index (Phi) is 5.97. The predicted molar refractivity (Wildman–Crippen MR) is 119 cm³/mol. The second-order valence-electron chi connectivity index (χ2n) is 8.21. The number of imidazole rings is 1. The van der Waals surface area contributed by atoms with E-state index in [0.29, 0.717) is 11.9 Å². The van der Waals surface area contributed by atoms with Gasteiger partial charge in [0, 0.05) is 17.6 Å². The molecule has 33 heavy (non-hydrogen) atoms. The van der Waals surface area contributed by atoms with Crippen molar-refractivity contribution in [3.05, 3.63) is 71.8 Å². The predicted octanol–water partition coefficient (Wildman–Crippen LogP) is 5.01. The van der Waals surface area contributed by atoms with Crippen LogP contribution in [0, 0.1) is 6.92 Å². The highest BCUT2D eigenvalue weighted by Gasteiger charge is 2.32. The molecule has 4 rings (SSSR count). The molecule has 0 radical (unpaired) electrons. The zero-order valence-electron chi connectivity index (χ0n) is 17.9. The Morgan fingerprint density at radius 3 is 2.70 bits per heavy atom. The van der Waals surface area contributed by atoms with E-state index in [4.69, 9.17) is 0 Å². The summed E-state index contributed by atoms with van der Waals surface area (Å²) in [5, 5.41) is 5.60.